The van der Waals surface area contributed by atoms with Crippen molar-refractivity contribution < 1.29 is 0 Å². The van der Waals surface area contributed by atoms with Crippen LogP contribution < -0.4 is 5.32 Å². The lowest BCUT2D eigenvalue weighted by Gasteiger charge is -2.22. The van der Waals surface area contributed by atoms with E-state index in [1.807, 2.05) is 0 Å². The van der Waals surface area contributed by atoms with Gasteiger partial charge in [0, 0.05) is 18.1 Å². The average Bonchev–Trinajstić information content (AvgIpc) is 2.81. The van der Waals surface area contributed by atoms with E-state index < -0.39 is 0 Å². The molecule has 2 aliphatic heterocycles. The Morgan fingerprint density at radius 2 is 2.26 bits per heavy atom. The Morgan fingerprint density at radius 3 is 3.16 bits per heavy atom. The minimum atomic E-state index is 0.831. The lowest BCUT2D eigenvalue weighted by molar-refractivity contribution is 0.376. The maximum Gasteiger partial charge on any atom is 0.0515 e. The molecule has 0 amide bonds. The van der Waals surface area contributed by atoms with Gasteiger partial charge in [-0.3, -0.25) is 0 Å². The summed E-state index contributed by atoms with van der Waals surface area (Å²) in [6.07, 6.45) is 8.97. The van der Waals surface area contributed by atoms with Crippen LogP contribution in [0.3, 0.4) is 0 Å². The Labute approximate surface area is 114 Å². The van der Waals surface area contributed by atoms with Gasteiger partial charge in [-0.2, -0.15) is 0 Å². The van der Waals surface area contributed by atoms with E-state index in [4.69, 9.17) is 0 Å². The molecule has 1 aromatic heterocycles. The number of aryl methyl sites for hydroxylation is 2. The van der Waals surface area contributed by atoms with Crippen LogP contribution in [0.15, 0.2) is 24.4 Å². The SMILES string of the molecule is c1cc2c3c(c1)c(CC1CCCNC1)cn3CCC2. The highest BCUT2D eigenvalue weighted by atomic mass is 15.0. The molecule has 1 unspecified atom stereocenters. The maximum atomic E-state index is 3.54. The van der Waals surface area contributed by atoms with Crippen molar-refractivity contribution in [3.63, 3.8) is 0 Å². The Balaban J connectivity index is 1.72. The van der Waals surface area contributed by atoms with E-state index in [0.29, 0.717) is 0 Å². The molecule has 1 aromatic carbocycles. The van der Waals surface area contributed by atoms with Crippen molar-refractivity contribution in [3.8, 4) is 0 Å². The number of nitrogens with one attached hydrogen (secondary N) is 1. The zero-order valence-corrected chi connectivity index (χ0v) is 11.5. The van der Waals surface area contributed by atoms with Gasteiger partial charge < -0.3 is 9.88 Å². The van der Waals surface area contributed by atoms with Gasteiger partial charge in [0.2, 0.25) is 0 Å². The number of nitrogens with zero attached hydrogens (tertiary/aromatic N) is 1. The Kier molecular flexibility index (Phi) is 2.84. The quantitative estimate of drug-likeness (QED) is 0.871. The fraction of sp³-hybridized carbons (Fsp3) is 0.529. The normalized spacial score (nSPS) is 22.8. The van der Waals surface area contributed by atoms with E-state index in [-0.39, 0.29) is 0 Å². The number of aromatic nitrogens is 1. The van der Waals surface area contributed by atoms with Gasteiger partial charge in [0.05, 0.1) is 5.52 Å². The maximum absolute atomic E-state index is 3.54. The van der Waals surface area contributed by atoms with E-state index in [1.54, 1.807) is 11.1 Å². The Morgan fingerprint density at radius 1 is 1.26 bits per heavy atom. The summed E-state index contributed by atoms with van der Waals surface area (Å²) in [5.74, 6) is 0.831. The molecule has 0 radical (unpaired) electrons. The molecule has 3 heterocycles. The van der Waals surface area contributed by atoms with Gasteiger partial charge in [-0.15, -0.1) is 0 Å². The summed E-state index contributed by atoms with van der Waals surface area (Å²) in [4.78, 5) is 0. The van der Waals surface area contributed by atoms with E-state index in [1.165, 1.54) is 62.6 Å². The highest BCUT2D eigenvalue weighted by Gasteiger charge is 2.19. The standard InChI is InChI=1S/C17H22N2/c1-5-14-6-3-9-19-12-15(16(7-1)17(14)19)10-13-4-2-8-18-11-13/h1,5,7,12-13,18H,2-4,6,8-11H2. The first-order chi connectivity index (χ1) is 9.42. The molecule has 0 saturated carbocycles. The molecule has 1 atom stereocenters. The summed E-state index contributed by atoms with van der Waals surface area (Å²) in [6, 6.07) is 6.88. The molecular formula is C17H22N2. The third kappa shape index (κ3) is 1.99. The summed E-state index contributed by atoms with van der Waals surface area (Å²) < 4.78 is 2.50. The zero-order chi connectivity index (χ0) is 12.7. The zero-order valence-electron chi connectivity index (χ0n) is 11.5. The molecule has 2 aliphatic rings. The molecule has 2 heteroatoms. The van der Waals surface area contributed by atoms with Crippen molar-refractivity contribution in [1.29, 1.82) is 0 Å². The van der Waals surface area contributed by atoms with E-state index in [2.05, 4.69) is 34.3 Å². The van der Waals surface area contributed by atoms with Crippen molar-refractivity contribution in [3.05, 3.63) is 35.5 Å². The molecule has 4 rings (SSSR count). The molecule has 0 aliphatic carbocycles. The first kappa shape index (κ1) is 11.5. The second kappa shape index (κ2) is 4.68. The highest BCUT2D eigenvalue weighted by molar-refractivity contribution is 5.87. The molecule has 1 saturated heterocycles. The first-order valence-corrected chi connectivity index (χ1v) is 7.72. The monoisotopic (exact) mass is 254 g/mol. The first-order valence-electron chi connectivity index (χ1n) is 7.72. The number of hydrogen-bond donors (Lipinski definition) is 1. The molecular weight excluding hydrogens is 232 g/mol. The van der Waals surface area contributed by atoms with Crippen LogP contribution in [0.4, 0.5) is 0 Å². The minimum Gasteiger partial charge on any atom is -0.347 e. The van der Waals surface area contributed by atoms with E-state index in [9.17, 15) is 0 Å². The average molecular weight is 254 g/mol. The topological polar surface area (TPSA) is 17.0 Å². The van der Waals surface area contributed by atoms with Gasteiger partial charge in [-0.25, -0.2) is 0 Å². The second-order valence-corrected chi connectivity index (χ2v) is 6.18. The van der Waals surface area contributed by atoms with Crippen LogP contribution in [0, 0.1) is 5.92 Å². The molecule has 19 heavy (non-hydrogen) atoms. The van der Waals surface area contributed by atoms with E-state index in [0.717, 1.165) is 5.92 Å². The number of para-hydroxylation sites is 1. The van der Waals surface area contributed by atoms with Gasteiger partial charge in [0.25, 0.3) is 0 Å². The summed E-state index contributed by atoms with van der Waals surface area (Å²) in [5.41, 5.74) is 4.65. The van der Waals surface area contributed by atoms with Crippen LogP contribution in [0.25, 0.3) is 10.9 Å². The number of benzene rings is 1. The smallest absolute Gasteiger partial charge is 0.0515 e. The predicted octanol–water partition coefficient (Wildman–Crippen LogP) is 3.13. The Hall–Kier alpha value is -1.28. The predicted molar refractivity (Wildman–Crippen MR) is 79.6 cm³/mol. The minimum absolute atomic E-state index is 0.831. The molecule has 0 spiro atoms. The number of hydrogen-bond acceptors (Lipinski definition) is 1. The molecule has 1 N–H and O–H groups in total. The van der Waals surface area contributed by atoms with Gasteiger partial charge in [0.1, 0.15) is 0 Å². The largest absolute Gasteiger partial charge is 0.347 e. The van der Waals surface area contributed by atoms with Crippen LogP contribution in [0.5, 0.6) is 0 Å². The summed E-state index contributed by atoms with van der Waals surface area (Å²) in [6.45, 7) is 3.62. The summed E-state index contributed by atoms with van der Waals surface area (Å²) >= 11 is 0. The molecule has 0 bridgehead atoms. The lowest BCUT2D eigenvalue weighted by Crippen LogP contribution is -2.30. The molecule has 2 nitrogen and oxygen atoms in total. The number of rotatable bonds is 2. The van der Waals surface area contributed by atoms with Crippen LogP contribution in [0.1, 0.15) is 30.4 Å². The fourth-order valence-electron chi connectivity index (χ4n) is 3.90. The third-order valence-electron chi connectivity index (χ3n) is 4.82. The van der Waals surface area contributed by atoms with Crippen molar-refractivity contribution in [2.75, 3.05) is 13.1 Å². The van der Waals surface area contributed by atoms with Crippen LogP contribution in [0.2, 0.25) is 0 Å². The molecule has 100 valence electrons. The lowest BCUT2D eigenvalue weighted by atomic mass is 9.92. The van der Waals surface area contributed by atoms with Crippen LogP contribution >= 0.6 is 0 Å². The highest BCUT2D eigenvalue weighted by Crippen LogP contribution is 2.31. The molecule has 1 fully saturated rings. The van der Waals surface area contributed by atoms with Crippen LogP contribution in [-0.4, -0.2) is 17.7 Å². The van der Waals surface area contributed by atoms with Gasteiger partial charge in [0.15, 0.2) is 0 Å². The van der Waals surface area contributed by atoms with Crippen molar-refractivity contribution in [2.45, 2.75) is 38.6 Å². The van der Waals surface area contributed by atoms with Gasteiger partial charge in [-0.05, 0) is 62.2 Å². The van der Waals surface area contributed by atoms with E-state index >= 15 is 0 Å². The van der Waals surface area contributed by atoms with Gasteiger partial charge >= 0.3 is 0 Å². The van der Waals surface area contributed by atoms with Crippen molar-refractivity contribution in [2.24, 2.45) is 5.92 Å². The summed E-state index contributed by atoms with van der Waals surface area (Å²) in [7, 11) is 0. The second-order valence-electron chi connectivity index (χ2n) is 6.18. The van der Waals surface area contributed by atoms with Gasteiger partial charge in [-0.1, -0.05) is 18.2 Å². The van der Waals surface area contributed by atoms with Crippen molar-refractivity contribution in [1.82, 2.24) is 9.88 Å². The number of piperidine rings is 1. The molecule has 2 aromatic rings. The van der Waals surface area contributed by atoms with Crippen molar-refractivity contribution >= 4 is 10.9 Å². The fourth-order valence-corrected chi connectivity index (χ4v) is 3.90. The third-order valence-corrected chi connectivity index (χ3v) is 4.82. The Bertz CT molecular complexity index is 591. The van der Waals surface area contributed by atoms with Crippen LogP contribution in [-0.2, 0) is 19.4 Å². The summed E-state index contributed by atoms with van der Waals surface area (Å²) in [5, 5.41) is 5.06.